The van der Waals surface area contributed by atoms with Crippen molar-refractivity contribution in [2.75, 3.05) is 20.2 Å². The van der Waals surface area contributed by atoms with Gasteiger partial charge in [0.2, 0.25) is 5.91 Å². The van der Waals surface area contributed by atoms with Crippen LogP contribution in [0.1, 0.15) is 52.4 Å². The highest BCUT2D eigenvalue weighted by atomic mass is 16.5. The fourth-order valence-corrected chi connectivity index (χ4v) is 3.49. The first-order valence-electron chi connectivity index (χ1n) is 9.97. The van der Waals surface area contributed by atoms with Gasteiger partial charge in [0.1, 0.15) is 12.6 Å². The summed E-state index contributed by atoms with van der Waals surface area (Å²) < 4.78 is 4.68. The zero-order valence-electron chi connectivity index (χ0n) is 17.2. The molecule has 1 N–H and O–H groups in total. The molecule has 0 unspecified atom stereocenters. The zero-order chi connectivity index (χ0) is 21.6. The molecule has 0 spiro atoms. The largest absolute Gasteiger partial charge is 0.467 e. The number of nitrogens with zero attached hydrogens (tertiary/aromatic N) is 2. The van der Waals surface area contributed by atoms with E-state index < -0.39 is 42.3 Å². The molecule has 0 aromatic rings. The zero-order valence-corrected chi connectivity index (χ0v) is 17.2. The molecule has 0 bridgehead atoms. The second kappa shape index (κ2) is 10.2. The van der Waals surface area contributed by atoms with E-state index in [2.05, 4.69) is 16.1 Å². The predicted octanol–water partition coefficient (Wildman–Crippen LogP) is 1.37. The number of esters is 1. The number of imide groups is 2. The van der Waals surface area contributed by atoms with Crippen LogP contribution in [0.5, 0.6) is 0 Å². The van der Waals surface area contributed by atoms with Gasteiger partial charge >= 0.3 is 23.8 Å². The molecule has 1 aliphatic carbocycles. The maximum Gasteiger partial charge on any atom is 0.334 e. The van der Waals surface area contributed by atoms with Crippen LogP contribution in [-0.4, -0.2) is 65.8 Å². The number of carbonyl (C=O) groups excluding carboxylic acids is 5. The van der Waals surface area contributed by atoms with E-state index in [9.17, 15) is 24.0 Å². The Hall–Kier alpha value is -2.71. The number of nitrogens with one attached hydrogen (secondary N) is 1. The number of amides is 5. The first-order chi connectivity index (χ1) is 13.7. The maximum absolute atomic E-state index is 12.5. The first-order valence-corrected chi connectivity index (χ1v) is 9.97. The van der Waals surface area contributed by atoms with Crippen LogP contribution < -0.4 is 5.32 Å². The minimum Gasteiger partial charge on any atom is -0.467 e. The first kappa shape index (κ1) is 22.6. The van der Waals surface area contributed by atoms with Gasteiger partial charge in [-0.25, -0.2) is 14.5 Å². The van der Waals surface area contributed by atoms with Crippen molar-refractivity contribution in [1.29, 1.82) is 0 Å². The van der Waals surface area contributed by atoms with E-state index in [0.717, 1.165) is 30.6 Å². The molecule has 0 aromatic heterocycles. The summed E-state index contributed by atoms with van der Waals surface area (Å²) in [5.74, 6) is -3.15. The molecule has 0 aromatic carbocycles. The van der Waals surface area contributed by atoms with E-state index in [1.54, 1.807) is 0 Å². The lowest BCUT2D eigenvalue weighted by molar-refractivity contribution is -0.146. The Morgan fingerprint density at radius 3 is 2.41 bits per heavy atom. The van der Waals surface area contributed by atoms with Crippen LogP contribution >= 0.6 is 0 Å². The summed E-state index contributed by atoms with van der Waals surface area (Å²) in [7, 11) is 1.22. The van der Waals surface area contributed by atoms with Gasteiger partial charge in [0, 0.05) is 6.54 Å². The second-order valence-corrected chi connectivity index (χ2v) is 7.76. The van der Waals surface area contributed by atoms with Crippen molar-refractivity contribution < 1.29 is 28.7 Å². The van der Waals surface area contributed by atoms with E-state index in [-0.39, 0.29) is 12.5 Å². The Bertz CT molecular complexity index is 715. The average molecular weight is 407 g/mol. The minimum atomic E-state index is -1.03. The van der Waals surface area contributed by atoms with Gasteiger partial charge in [0.25, 0.3) is 0 Å². The summed E-state index contributed by atoms with van der Waals surface area (Å²) in [6, 6.07) is -1.68. The molecule has 2 rings (SSSR count). The van der Waals surface area contributed by atoms with E-state index in [1.165, 1.54) is 12.7 Å². The van der Waals surface area contributed by atoms with Crippen molar-refractivity contribution in [3.8, 4) is 0 Å². The summed E-state index contributed by atoms with van der Waals surface area (Å²) in [4.78, 5) is 62.6. The van der Waals surface area contributed by atoms with Crippen molar-refractivity contribution in [3.05, 3.63) is 11.6 Å². The normalized spacial score (nSPS) is 18.2. The molecule has 9 nitrogen and oxygen atoms in total. The molecular weight excluding hydrogens is 378 g/mol. The third-order valence-corrected chi connectivity index (χ3v) is 5.01. The minimum absolute atomic E-state index is 0.112. The number of methoxy groups -OCH3 is 1. The molecule has 5 amide bonds. The number of hydrogen-bond acceptors (Lipinski definition) is 6. The highest BCUT2D eigenvalue weighted by Crippen LogP contribution is 2.22. The van der Waals surface area contributed by atoms with Crippen LogP contribution in [0.25, 0.3) is 0 Å². The van der Waals surface area contributed by atoms with Gasteiger partial charge in [0.15, 0.2) is 0 Å². The van der Waals surface area contributed by atoms with Gasteiger partial charge in [-0.2, -0.15) is 0 Å². The van der Waals surface area contributed by atoms with Gasteiger partial charge in [-0.15, -0.1) is 0 Å². The van der Waals surface area contributed by atoms with Gasteiger partial charge in [0.05, 0.1) is 7.11 Å². The van der Waals surface area contributed by atoms with Crippen molar-refractivity contribution in [2.45, 2.75) is 58.4 Å². The van der Waals surface area contributed by atoms with Gasteiger partial charge in [-0.1, -0.05) is 25.5 Å². The number of carbonyl (C=O) groups is 5. The fourth-order valence-electron chi connectivity index (χ4n) is 3.49. The fraction of sp³-hybridized carbons (Fsp3) is 0.650. The van der Waals surface area contributed by atoms with E-state index in [0.29, 0.717) is 17.7 Å². The standard InChI is InChI=1S/C20H29N3O6/c1-13(2)11-15(19(27)29-3)21-16(24)12-23-18(26)17(25)22(20(23)28)10-9-14-7-5-4-6-8-14/h7,13,15H,4-6,8-12H2,1-3H3,(H,21,24)/t15-/m1/s1. The lowest BCUT2D eigenvalue weighted by Crippen LogP contribution is -2.48. The third kappa shape index (κ3) is 5.88. The van der Waals surface area contributed by atoms with Gasteiger partial charge < -0.3 is 10.1 Å². The van der Waals surface area contributed by atoms with Crippen LogP contribution in [0.2, 0.25) is 0 Å². The highest BCUT2D eigenvalue weighted by Gasteiger charge is 2.45. The quantitative estimate of drug-likeness (QED) is 0.267. The molecule has 0 radical (unpaired) electrons. The molecule has 29 heavy (non-hydrogen) atoms. The van der Waals surface area contributed by atoms with Crippen LogP contribution in [0.15, 0.2) is 11.6 Å². The Balaban J connectivity index is 1.96. The number of allylic oxidation sites excluding steroid dienone is 1. The lowest BCUT2D eigenvalue weighted by Gasteiger charge is -2.20. The molecular formula is C20H29N3O6. The van der Waals surface area contributed by atoms with Crippen molar-refractivity contribution in [3.63, 3.8) is 0 Å². The van der Waals surface area contributed by atoms with Gasteiger partial charge in [-0.05, 0) is 44.4 Å². The molecule has 1 saturated heterocycles. The Morgan fingerprint density at radius 1 is 1.14 bits per heavy atom. The maximum atomic E-state index is 12.5. The number of hydrogen-bond donors (Lipinski definition) is 1. The molecule has 160 valence electrons. The van der Waals surface area contributed by atoms with Crippen LogP contribution in [-0.2, 0) is 23.9 Å². The SMILES string of the molecule is COC(=O)[C@@H](CC(C)C)NC(=O)CN1C(=O)C(=O)N(CCC2=CCCCC2)C1=O. The average Bonchev–Trinajstić information content (AvgIpc) is 2.89. The lowest BCUT2D eigenvalue weighted by atomic mass is 9.97. The molecule has 1 atom stereocenters. The second-order valence-electron chi connectivity index (χ2n) is 7.76. The topological polar surface area (TPSA) is 113 Å². The highest BCUT2D eigenvalue weighted by molar-refractivity contribution is 6.45. The summed E-state index contributed by atoms with van der Waals surface area (Å²) in [5.41, 5.74) is 1.18. The van der Waals surface area contributed by atoms with Crippen molar-refractivity contribution in [2.24, 2.45) is 5.92 Å². The van der Waals surface area contributed by atoms with Crippen LogP contribution in [0.3, 0.4) is 0 Å². The molecule has 9 heteroatoms. The molecule has 1 heterocycles. The van der Waals surface area contributed by atoms with Crippen molar-refractivity contribution in [1.82, 2.24) is 15.1 Å². The van der Waals surface area contributed by atoms with Gasteiger partial charge in [-0.3, -0.25) is 19.3 Å². The Kier molecular flexibility index (Phi) is 7.92. The molecule has 2 aliphatic rings. The molecule has 0 saturated carbocycles. The van der Waals surface area contributed by atoms with Crippen LogP contribution in [0.4, 0.5) is 4.79 Å². The van der Waals surface area contributed by atoms with Crippen molar-refractivity contribution >= 4 is 29.7 Å². The predicted molar refractivity (Wildman–Crippen MR) is 103 cm³/mol. The Labute approximate surface area is 170 Å². The van der Waals surface area contributed by atoms with Crippen LogP contribution in [0, 0.1) is 5.92 Å². The number of urea groups is 1. The summed E-state index contributed by atoms with van der Waals surface area (Å²) in [6.07, 6.45) is 7.13. The van der Waals surface area contributed by atoms with E-state index in [4.69, 9.17) is 0 Å². The Morgan fingerprint density at radius 2 is 1.83 bits per heavy atom. The third-order valence-electron chi connectivity index (χ3n) is 5.01. The summed E-state index contributed by atoms with van der Waals surface area (Å²) in [6.45, 7) is 3.27. The van der Waals surface area contributed by atoms with E-state index >= 15 is 0 Å². The molecule has 1 aliphatic heterocycles. The number of rotatable bonds is 9. The summed E-state index contributed by atoms with van der Waals surface area (Å²) in [5, 5.41) is 2.48. The monoisotopic (exact) mass is 407 g/mol. The smallest absolute Gasteiger partial charge is 0.334 e. The number of ether oxygens (including phenoxy) is 1. The summed E-state index contributed by atoms with van der Waals surface area (Å²) >= 11 is 0. The van der Waals surface area contributed by atoms with E-state index in [1.807, 2.05) is 13.8 Å². The molecule has 1 fully saturated rings.